The Labute approximate surface area is 174 Å². The van der Waals surface area contributed by atoms with Crippen LogP contribution in [-0.4, -0.2) is 38.9 Å². The maximum absolute atomic E-state index is 13.4. The fourth-order valence-electron chi connectivity index (χ4n) is 3.70. The fourth-order valence-corrected chi connectivity index (χ4v) is 5.13. The van der Waals surface area contributed by atoms with Crippen LogP contribution in [0.4, 0.5) is 5.69 Å². The van der Waals surface area contributed by atoms with Crippen molar-refractivity contribution in [1.82, 2.24) is 4.90 Å². The number of anilines is 1. The van der Waals surface area contributed by atoms with Crippen molar-refractivity contribution in [1.29, 1.82) is 0 Å². The van der Waals surface area contributed by atoms with Gasteiger partial charge in [-0.05, 0) is 54.5 Å². The third-order valence-corrected chi connectivity index (χ3v) is 7.26. The number of piperidine rings is 1. The van der Waals surface area contributed by atoms with Crippen LogP contribution in [0.1, 0.15) is 45.1 Å². The average molecular weight is 415 g/mol. The van der Waals surface area contributed by atoms with E-state index < -0.39 is 10.0 Å². The molecule has 1 aliphatic rings. The number of hydrogen-bond donors (Lipinski definition) is 0. The number of nitrogens with zero attached hydrogens (tertiary/aromatic N) is 2. The number of benzene rings is 2. The molecule has 1 heterocycles. The van der Waals surface area contributed by atoms with Crippen molar-refractivity contribution in [3.63, 3.8) is 0 Å². The van der Waals surface area contributed by atoms with Gasteiger partial charge in [0.2, 0.25) is 5.91 Å². The lowest BCUT2D eigenvalue weighted by atomic mass is 10.0. The van der Waals surface area contributed by atoms with Crippen LogP contribution < -0.4 is 4.31 Å². The molecular formula is C23H30N2O3S. The summed E-state index contributed by atoms with van der Waals surface area (Å²) in [6, 6.07) is 15.8. The molecule has 0 radical (unpaired) electrons. The van der Waals surface area contributed by atoms with Gasteiger partial charge >= 0.3 is 0 Å². The minimum atomic E-state index is -3.85. The average Bonchev–Trinajstić information content (AvgIpc) is 2.72. The lowest BCUT2D eigenvalue weighted by Gasteiger charge is -2.33. The lowest BCUT2D eigenvalue weighted by molar-refractivity contribution is -0.131. The van der Waals surface area contributed by atoms with E-state index in [1.807, 2.05) is 12.1 Å². The summed E-state index contributed by atoms with van der Waals surface area (Å²) >= 11 is 0. The first-order chi connectivity index (χ1) is 13.8. The van der Waals surface area contributed by atoms with E-state index in [2.05, 4.69) is 20.8 Å². The summed E-state index contributed by atoms with van der Waals surface area (Å²) in [5, 5.41) is 0. The van der Waals surface area contributed by atoms with Crippen LogP contribution in [0.3, 0.4) is 0 Å². The van der Waals surface area contributed by atoms with Gasteiger partial charge in [0.1, 0.15) is 6.54 Å². The molecule has 3 rings (SSSR count). The normalized spacial score (nSPS) is 17.4. The van der Waals surface area contributed by atoms with Crippen molar-refractivity contribution in [2.24, 2.45) is 5.92 Å². The molecule has 0 spiro atoms. The van der Waals surface area contributed by atoms with Gasteiger partial charge in [0.25, 0.3) is 10.0 Å². The van der Waals surface area contributed by atoms with Crippen molar-refractivity contribution in [2.45, 2.75) is 44.4 Å². The SMILES string of the molecule is CC(C)c1ccc(N(CC(=O)N2CCC[C@@H](C)C2)S(=O)(=O)c2ccccc2)cc1. The summed E-state index contributed by atoms with van der Waals surface area (Å²) in [4.78, 5) is 15.0. The molecule has 1 fully saturated rings. The Bertz CT molecular complexity index is 924. The Morgan fingerprint density at radius 2 is 1.76 bits per heavy atom. The number of carbonyl (C=O) groups excluding carboxylic acids is 1. The van der Waals surface area contributed by atoms with Crippen LogP contribution in [0.2, 0.25) is 0 Å². The first-order valence-electron chi connectivity index (χ1n) is 10.2. The largest absolute Gasteiger partial charge is 0.341 e. The first-order valence-corrected chi connectivity index (χ1v) is 11.7. The van der Waals surface area contributed by atoms with Gasteiger partial charge in [-0.1, -0.05) is 51.1 Å². The molecule has 1 atom stereocenters. The van der Waals surface area contributed by atoms with Gasteiger partial charge in [-0.3, -0.25) is 9.10 Å². The second-order valence-corrected chi connectivity index (χ2v) is 10.0. The van der Waals surface area contributed by atoms with Crippen LogP contribution in [0.25, 0.3) is 0 Å². The molecule has 2 aromatic rings. The number of carbonyl (C=O) groups is 1. The molecule has 156 valence electrons. The van der Waals surface area contributed by atoms with E-state index in [4.69, 9.17) is 0 Å². The zero-order chi connectivity index (χ0) is 21.0. The summed E-state index contributed by atoms with van der Waals surface area (Å²) in [7, 11) is -3.85. The van der Waals surface area contributed by atoms with Crippen LogP contribution in [0.5, 0.6) is 0 Å². The zero-order valence-electron chi connectivity index (χ0n) is 17.4. The van der Waals surface area contributed by atoms with E-state index in [0.29, 0.717) is 30.6 Å². The molecular weight excluding hydrogens is 384 g/mol. The molecule has 29 heavy (non-hydrogen) atoms. The molecule has 1 aliphatic heterocycles. The number of hydrogen-bond acceptors (Lipinski definition) is 3. The second kappa shape index (κ2) is 8.99. The highest BCUT2D eigenvalue weighted by molar-refractivity contribution is 7.92. The summed E-state index contributed by atoms with van der Waals surface area (Å²) in [5.74, 6) is 0.640. The van der Waals surface area contributed by atoms with Gasteiger partial charge in [0, 0.05) is 13.1 Å². The number of likely N-dealkylation sites (tertiary alicyclic amines) is 1. The lowest BCUT2D eigenvalue weighted by Crippen LogP contribution is -2.46. The van der Waals surface area contributed by atoms with Gasteiger partial charge < -0.3 is 4.90 Å². The smallest absolute Gasteiger partial charge is 0.264 e. The van der Waals surface area contributed by atoms with Crippen molar-refractivity contribution in [3.8, 4) is 0 Å². The van der Waals surface area contributed by atoms with E-state index >= 15 is 0 Å². The van der Waals surface area contributed by atoms with Crippen molar-refractivity contribution in [3.05, 3.63) is 60.2 Å². The molecule has 0 saturated carbocycles. The van der Waals surface area contributed by atoms with Gasteiger partial charge in [-0.15, -0.1) is 0 Å². The minimum absolute atomic E-state index is 0.149. The molecule has 6 heteroatoms. The molecule has 0 aromatic heterocycles. The first kappa shape index (κ1) is 21.4. The Balaban J connectivity index is 1.94. The summed E-state index contributed by atoms with van der Waals surface area (Å²) in [6.45, 7) is 7.50. The van der Waals surface area contributed by atoms with E-state index in [1.54, 1.807) is 47.4 Å². The van der Waals surface area contributed by atoms with Crippen molar-refractivity contribution >= 4 is 21.6 Å². The summed E-state index contributed by atoms with van der Waals surface area (Å²) in [6.07, 6.45) is 2.06. The van der Waals surface area contributed by atoms with Crippen molar-refractivity contribution < 1.29 is 13.2 Å². The molecule has 0 unspecified atom stereocenters. The highest BCUT2D eigenvalue weighted by Gasteiger charge is 2.30. The van der Waals surface area contributed by atoms with Crippen molar-refractivity contribution in [2.75, 3.05) is 23.9 Å². The molecule has 0 N–H and O–H groups in total. The number of sulfonamides is 1. The van der Waals surface area contributed by atoms with Gasteiger partial charge in [-0.2, -0.15) is 0 Å². The van der Waals surface area contributed by atoms with Crippen LogP contribution in [0.15, 0.2) is 59.5 Å². The maximum atomic E-state index is 13.4. The topological polar surface area (TPSA) is 57.7 Å². The second-order valence-electron chi connectivity index (χ2n) is 8.16. The Kier molecular flexibility index (Phi) is 6.63. The van der Waals surface area contributed by atoms with E-state index in [9.17, 15) is 13.2 Å². The quantitative estimate of drug-likeness (QED) is 0.709. The minimum Gasteiger partial charge on any atom is -0.341 e. The van der Waals surface area contributed by atoms with Gasteiger partial charge in [0.15, 0.2) is 0 Å². The highest BCUT2D eigenvalue weighted by Crippen LogP contribution is 2.26. The third-order valence-electron chi connectivity index (χ3n) is 5.47. The predicted molar refractivity (Wildman–Crippen MR) is 116 cm³/mol. The maximum Gasteiger partial charge on any atom is 0.264 e. The number of amides is 1. The van der Waals surface area contributed by atoms with Crippen LogP contribution >= 0.6 is 0 Å². The van der Waals surface area contributed by atoms with Gasteiger partial charge in [0.05, 0.1) is 10.6 Å². The zero-order valence-corrected chi connectivity index (χ0v) is 18.2. The molecule has 1 amide bonds. The molecule has 2 aromatic carbocycles. The van der Waals surface area contributed by atoms with E-state index in [0.717, 1.165) is 18.4 Å². The molecule has 0 bridgehead atoms. The predicted octanol–water partition coefficient (Wildman–Crippen LogP) is 4.26. The molecule has 0 aliphatic carbocycles. The molecule has 5 nitrogen and oxygen atoms in total. The standard InChI is InChI=1S/C23H30N2O3S/c1-18(2)20-11-13-21(14-12-20)25(29(27,28)22-9-5-4-6-10-22)17-23(26)24-15-7-8-19(3)16-24/h4-6,9-14,18-19H,7-8,15-17H2,1-3H3/t19-/m1/s1. The summed E-state index contributed by atoms with van der Waals surface area (Å²) < 4.78 is 28.0. The Hall–Kier alpha value is -2.34. The van der Waals surface area contributed by atoms with E-state index in [1.165, 1.54) is 4.31 Å². The summed E-state index contributed by atoms with van der Waals surface area (Å²) in [5.41, 5.74) is 1.64. The van der Waals surface area contributed by atoms with Crippen LogP contribution in [-0.2, 0) is 14.8 Å². The Morgan fingerprint density at radius 1 is 1.10 bits per heavy atom. The Morgan fingerprint density at radius 3 is 2.34 bits per heavy atom. The van der Waals surface area contributed by atoms with Gasteiger partial charge in [-0.25, -0.2) is 8.42 Å². The van der Waals surface area contributed by atoms with Crippen LogP contribution in [0, 0.1) is 5.92 Å². The molecule has 1 saturated heterocycles. The fraction of sp³-hybridized carbons (Fsp3) is 0.435. The third kappa shape index (κ3) is 4.99. The monoisotopic (exact) mass is 414 g/mol. The highest BCUT2D eigenvalue weighted by atomic mass is 32.2. The number of rotatable bonds is 6. The van der Waals surface area contributed by atoms with E-state index in [-0.39, 0.29) is 17.3 Å².